The number of rotatable bonds is 10. The Morgan fingerprint density at radius 2 is 1.74 bits per heavy atom. The number of hydrogen-bond donors (Lipinski definition) is 3. The predicted octanol–water partition coefficient (Wildman–Crippen LogP) is 8.52. The maximum atomic E-state index is 12.8. The van der Waals surface area contributed by atoms with E-state index < -0.39 is 18.1 Å². The molecule has 0 aromatic heterocycles. The molecule has 0 bridgehead atoms. The summed E-state index contributed by atoms with van der Waals surface area (Å²) in [7, 11) is 0. The lowest BCUT2D eigenvalue weighted by molar-refractivity contribution is -0.139. The van der Waals surface area contributed by atoms with Crippen molar-refractivity contribution < 1.29 is 24.5 Å². The van der Waals surface area contributed by atoms with Crippen molar-refractivity contribution in [2.75, 3.05) is 0 Å². The van der Waals surface area contributed by atoms with Crippen LogP contribution in [-0.4, -0.2) is 34.4 Å². The van der Waals surface area contributed by atoms with Gasteiger partial charge in [0.2, 0.25) is 0 Å². The van der Waals surface area contributed by atoms with E-state index in [1.807, 2.05) is 0 Å². The Hall–Kier alpha value is -2.50. The summed E-state index contributed by atoms with van der Waals surface area (Å²) in [5.74, 6) is 3.77. The molecule has 6 nitrogen and oxygen atoms in total. The Kier molecular flexibility index (Phi) is 9.54. The predicted molar refractivity (Wildman–Crippen MR) is 170 cm³/mol. The van der Waals surface area contributed by atoms with E-state index in [1.165, 1.54) is 62.7 Å². The fourth-order valence-corrected chi connectivity index (χ4v) is 10.1. The van der Waals surface area contributed by atoms with E-state index in [4.69, 9.17) is 4.74 Å². The topological polar surface area (TPSA) is 95.9 Å². The minimum Gasteiger partial charge on any atom is -0.508 e. The minimum absolute atomic E-state index is 0.118. The molecule has 5 rings (SSSR count). The van der Waals surface area contributed by atoms with Crippen LogP contribution in [0.5, 0.6) is 5.75 Å². The molecule has 0 aliphatic heterocycles. The molecule has 1 amide bonds. The van der Waals surface area contributed by atoms with Crippen molar-refractivity contribution in [3.8, 4) is 5.75 Å². The molecule has 0 heterocycles. The van der Waals surface area contributed by atoms with E-state index in [-0.39, 0.29) is 23.7 Å². The number of nitrogens with one attached hydrogen (secondary N) is 1. The van der Waals surface area contributed by atoms with Crippen LogP contribution in [0.25, 0.3) is 0 Å². The smallest absolute Gasteiger partial charge is 0.408 e. The van der Waals surface area contributed by atoms with Crippen LogP contribution in [0.3, 0.4) is 0 Å². The molecule has 238 valence electrons. The van der Waals surface area contributed by atoms with Crippen molar-refractivity contribution in [1.82, 2.24) is 5.32 Å². The van der Waals surface area contributed by atoms with Gasteiger partial charge in [0.15, 0.2) is 0 Å². The van der Waals surface area contributed by atoms with Gasteiger partial charge in [0, 0.05) is 12.8 Å². The zero-order valence-corrected chi connectivity index (χ0v) is 27.1. The molecule has 1 aromatic carbocycles. The second-order valence-electron chi connectivity index (χ2n) is 15.5. The van der Waals surface area contributed by atoms with Gasteiger partial charge in [-0.05, 0) is 109 Å². The van der Waals surface area contributed by atoms with Crippen LogP contribution in [0.2, 0.25) is 0 Å². The molecule has 3 N–H and O–H groups in total. The van der Waals surface area contributed by atoms with Gasteiger partial charge in [0.05, 0.1) is 0 Å². The van der Waals surface area contributed by atoms with Gasteiger partial charge < -0.3 is 20.3 Å². The maximum Gasteiger partial charge on any atom is 0.408 e. The second-order valence-corrected chi connectivity index (χ2v) is 15.5. The molecule has 3 fully saturated rings. The minimum atomic E-state index is -1.11. The van der Waals surface area contributed by atoms with E-state index in [0.717, 1.165) is 60.8 Å². The van der Waals surface area contributed by atoms with Crippen molar-refractivity contribution in [2.24, 2.45) is 46.3 Å². The number of alkyl carbamates (subject to hydrolysis) is 1. The number of phenols is 1. The van der Waals surface area contributed by atoms with Gasteiger partial charge in [-0.25, -0.2) is 9.59 Å². The van der Waals surface area contributed by atoms with E-state index in [1.54, 1.807) is 12.1 Å². The molecule has 4 aliphatic rings. The number of benzene rings is 1. The summed E-state index contributed by atoms with van der Waals surface area (Å²) in [6.45, 7) is 12.3. The average Bonchev–Trinajstić information content (AvgIpc) is 3.31. The van der Waals surface area contributed by atoms with E-state index in [2.05, 4.69) is 46.0 Å². The highest BCUT2D eigenvalue weighted by Gasteiger charge is 2.59. The number of ether oxygens (including phenoxy) is 1. The first-order valence-electron chi connectivity index (χ1n) is 17.1. The second kappa shape index (κ2) is 12.9. The number of hydrogen-bond acceptors (Lipinski definition) is 4. The van der Waals surface area contributed by atoms with Crippen molar-refractivity contribution in [2.45, 2.75) is 124 Å². The first-order chi connectivity index (χ1) is 20.4. The Morgan fingerprint density at radius 1 is 1.00 bits per heavy atom. The molecule has 4 aliphatic carbocycles. The SMILES string of the molecule is CC(C)CCC[C@@H](C)[C@H]1CC[C@H]2[C@@H]3CC=C4C[C@@H](OC(=O)NC(Cc5ccc(O)cc5)C(=O)O)CC[C@]4(C)[C@H]3CC[C@]12C. The number of carboxylic acid groups (broad SMARTS) is 1. The fourth-order valence-electron chi connectivity index (χ4n) is 10.1. The summed E-state index contributed by atoms with van der Waals surface area (Å²) in [6.07, 6.45) is 15.0. The summed E-state index contributed by atoms with van der Waals surface area (Å²) < 4.78 is 5.84. The number of phenolic OH excluding ortho intramolecular Hbond substituents is 1. The number of allylic oxidation sites excluding steroid dienone is 1. The van der Waals surface area contributed by atoms with Gasteiger partial charge in [-0.2, -0.15) is 0 Å². The molecule has 3 saturated carbocycles. The molecule has 9 atom stereocenters. The third kappa shape index (κ3) is 6.63. The maximum absolute atomic E-state index is 12.8. The Morgan fingerprint density at radius 3 is 2.44 bits per heavy atom. The van der Waals surface area contributed by atoms with Gasteiger partial charge in [0.25, 0.3) is 0 Å². The number of carboxylic acids is 1. The summed E-state index contributed by atoms with van der Waals surface area (Å²) >= 11 is 0. The standard InChI is InChI=1S/C37H55NO5/c1-23(2)7-6-8-24(3)30-15-16-31-29-14-11-26-22-28(17-19-36(26,4)32(29)18-20-37(30,31)5)43-35(42)38-33(34(40)41)21-25-9-12-27(39)13-10-25/h9-13,23-24,28-33,39H,6-8,14-22H2,1-5H3,(H,38,42)(H,40,41)/t24-,28+,29+,30-,31+,32+,33?,36+,37-/m1/s1. The largest absolute Gasteiger partial charge is 0.508 e. The molecule has 1 unspecified atom stereocenters. The van der Waals surface area contributed by atoms with Crippen LogP contribution in [-0.2, 0) is 16.0 Å². The average molecular weight is 594 g/mol. The van der Waals surface area contributed by atoms with E-state index in [9.17, 15) is 19.8 Å². The summed E-state index contributed by atoms with van der Waals surface area (Å²) in [4.78, 5) is 24.7. The van der Waals surface area contributed by atoms with Gasteiger partial charge in [0.1, 0.15) is 17.9 Å². The van der Waals surface area contributed by atoms with Crippen LogP contribution in [0, 0.1) is 46.3 Å². The lowest BCUT2D eigenvalue weighted by Crippen LogP contribution is -2.51. The Balaban J connectivity index is 1.19. The molecular formula is C37H55NO5. The highest BCUT2D eigenvalue weighted by atomic mass is 16.6. The number of fused-ring (bicyclic) bond motifs is 5. The van der Waals surface area contributed by atoms with Crippen LogP contribution in [0.4, 0.5) is 4.79 Å². The molecule has 43 heavy (non-hydrogen) atoms. The van der Waals surface area contributed by atoms with Gasteiger partial charge in [-0.15, -0.1) is 0 Å². The first-order valence-corrected chi connectivity index (χ1v) is 17.1. The third-order valence-corrected chi connectivity index (χ3v) is 12.5. The molecule has 6 heteroatoms. The van der Waals surface area contributed by atoms with Crippen molar-refractivity contribution in [3.05, 3.63) is 41.5 Å². The first kappa shape index (κ1) is 31.9. The Labute approximate surface area is 259 Å². The molecule has 0 saturated heterocycles. The number of carbonyl (C=O) groups excluding carboxylic acids is 1. The van der Waals surface area contributed by atoms with Crippen molar-refractivity contribution in [3.63, 3.8) is 0 Å². The van der Waals surface area contributed by atoms with Crippen LogP contribution >= 0.6 is 0 Å². The van der Waals surface area contributed by atoms with E-state index >= 15 is 0 Å². The molecular weight excluding hydrogens is 538 g/mol. The fraction of sp³-hybridized carbons (Fsp3) is 0.730. The highest BCUT2D eigenvalue weighted by molar-refractivity contribution is 5.80. The van der Waals surface area contributed by atoms with Crippen LogP contribution in [0.15, 0.2) is 35.9 Å². The van der Waals surface area contributed by atoms with Crippen molar-refractivity contribution >= 4 is 12.1 Å². The summed E-state index contributed by atoms with van der Waals surface area (Å²) in [5, 5.41) is 21.8. The van der Waals surface area contributed by atoms with Crippen LogP contribution < -0.4 is 5.32 Å². The van der Waals surface area contributed by atoms with Crippen molar-refractivity contribution in [1.29, 1.82) is 0 Å². The number of carbonyl (C=O) groups is 2. The monoisotopic (exact) mass is 593 g/mol. The molecule has 0 spiro atoms. The third-order valence-electron chi connectivity index (χ3n) is 12.5. The zero-order valence-electron chi connectivity index (χ0n) is 27.1. The zero-order chi connectivity index (χ0) is 30.9. The summed E-state index contributed by atoms with van der Waals surface area (Å²) in [6, 6.07) is 5.27. The van der Waals surface area contributed by atoms with E-state index in [0.29, 0.717) is 11.3 Å². The van der Waals surface area contributed by atoms with Gasteiger partial charge in [-0.3, -0.25) is 0 Å². The normalized spacial score (nSPS) is 34.7. The highest BCUT2D eigenvalue weighted by Crippen LogP contribution is 2.67. The number of amides is 1. The lowest BCUT2D eigenvalue weighted by Gasteiger charge is -2.58. The Bertz CT molecular complexity index is 1180. The van der Waals surface area contributed by atoms with Gasteiger partial charge >= 0.3 is 12.1 Å². The molecule has 1 aromatic rings. The number of aromatic hydroxyl groups is 1. The molecule has 0 radical (unpaired) electrons. The van der Waals surface area contributed by atoms with Crippen LogP contribution in [0.1, 0.15) is 111 Å². The van der Waals surface area contributed by atoms with Gasteiger partial charge in [-0.1, -0.05) is 77.7 Å². The number of aliphatic carboxylic acids is 1. The lowest BCUT2D eigenvalue weighted by atomic mass is 9.47. The summed E-state index contributed by atoms with van der Waals surface area (Å²) in [5.41, 5.74) is 2.82. The quantitative estimate of drug-likeness (QED) is 0.236.